The van der Waals surface area contributed by atoms with Crippen LogP contribution in [-0.4, -0.2) is 22.6 Å². The van der Waals surface area contributed by atoms with E-state index >= 15 is 0 Å². The van der Waals surface area contributed by atoms with Crippen LogP contribution < -0.4 is 16.5 Å². The Morgan fingerprint density at radius 3 is 2.54 bits per heavy atom. The van der Waals surface area contributed by atoms with Crippen molar-refractivity contribution >= 4 is 45.6 Å². The lowest BCUT2D eigenvalue weighted by molar-refractivity contribution is -0.119. The molecule has 4 rings (SSSR count). The van der Waals surface area contributed by atoms with Crippen molar-refractivity contribution in [1.29, 1.82) is 0 Å². The second-order valence-electron chi connectivity index (χ2n) is 5.72. The van der Waals surface area contributed by atoms with Gasteiger partial charge in [0.15, 0.2) is 5.58 Å². The molecule has 2 heterocycles. The van der Waals surface area contributed by atoms with Crippen molar-refractivity contribution in [3.05, 3.63) is 70.6 Å². The summed E-state index contributed by atoms with van der Waals surface area (Å²) in [6.07, 6.45) is 0. The van der Waals surface area contributed by atoms with E-state index in [1.807, 2.05) is 12.1 Å². The number of nitrogens with zero attached hydrogens (tertiary/aromatic N) is 1. The van der Waals surface area contributed by atoms with Crippen molar-refractivity contribution in [3.8, 4) is 0 Å². The van der Waals surface area contributed by atoms with Crippen LogP contribution in [0, 0.1) is 0 Å². The topological polar surface area (TPSA) is 114 Å². The highest BCUT2D eigenvalue weighted by Crippen LogP contribution is 2.22. The molecule has 0 atom stereocenters. The summed E-state index contributed by atoms with van der Waals surface area (Å²) in [6, 6.07) is 15.5. The average molecular weight is 395 g/mol. The minimum absolute atomic E-state index is 0.0283. The fourth-order valence-electron chi connectivity index (χ4n) is 2.49. The van der Waals surface area contributed by atoms with Gasteiger partial charge in [-0.15, -0.1) is 0 Å². The van der Waals surface area contributed by atoms with Crippen molar-refractivity contribution in [2.45, 2.75) is 5.22 Å². The molecule has 2 amide bonds. The van der Waals surface area contributed by atoms with Crippen molar-refractivity contribution in [2.75, 3.05) is 5.75 Å². The van der Waals surface area contributed by atoms with Gasteiger partial charge in [0.1, 0.15) is 16.7 Å². The molecule has 4 aromatic rings. The van der Waals surface area contributed by atoms with E-state index in [4.69, 9.17) is 8.83 Å². The van der Waals surface area contributed by atoms with Gasteiger partial charge < -0.3 is 8.83 Å². The summed E-state index contributed by atoms with van der Waals surface area (Å²) in [5.41, 5.74) is 5.17. The largest absolute Gasteiger partial charge is 0.431 e. The molecular formula is C19H13N3O5S. The van der Waals surface area contributed by atoms with Crippen molar-refractivity contribution in [3.63, 3.8) is 0 Å². The number of nitrogens with one attached hydrogen (secondary N) is 2. The fourth-order valence-corrected chi connectivity index (χ4v) is 3.13. The molecule has 2 N–H and O–H groups in total. The molecule has 2 aromatic carbocycles. The van der Waals surface area contributed by atoms with Gasteiger partial charge in [-0.2, -0.15) is 0 Å². The van der Waals surface area contributed by atoms with Crippen LogP contribution in [0.4, 0.5) is 0 Å². The first-order chi connectivity index (χ1) is 13.6. The Morgan fingerprint density at radius 1 is 0.964 bits per heavy atom. The number of hydrazine groups is 1. The van der Waals surface area contributed by atoms with Gasteiger partial charge in [0.2, 0.25) is 5.91 Å². The molecule has 0 aliphatic carbocycles. The van der Waals surface area contributed by atoms with E-state index in [1.165, 1.54) is 6.07 Å². The molecule has 0 aliphatic rings. The van der Waals surface area contributed by atoms with Gasteiger partial charge in [-0.25, -0.2) is 9.78 Å². The van der Waals surface area contributed by atoms with Gasteiger partial charge in [0, 0.05) is 5.39 Å². The number of rotatable bonds is 4. The first-order valence-electron chi connectivity index (χ1n) is 8.20. The Hall–Kier alpha value is -3.59. The lowest BCUT2D eigenvalue weighted by atomic mass is 10.2. The number of carbonyl (C=O) groups is 2. The van der Waals surface area contributed by atoms with E-state index in [2.05, 4.69) is 15.8 Å². The number of hydrogen-bond acceptors (Lipinski definition) is 7. The van der Waals surface area contributed by atoms with E-state index in [0.29, 0.717) is 27.3 Å². The quantitative estimate of drug-likeness (QED) is 0.310. The first kappa shape index (κ1) is 17.8. The molecule has 28 heavy (non-hydrogen) atoms. The summed E-state index contributed by atoms with van der Waals surface area (Å²) in [5, 5.41) is 0.947. The highest BCUT2D eigenvalue weighted by Gasteiger charge is 2.15. The molecule has 0 unspecified atom stereocenters. The van der Waals surface area contributed by atoms with Crippen molar-refractivity contribution < 1.29 is 18.4 Å². The Labute approximate surface area is 161 Å². The second-order valence-corrected chi connectivity index (χ2v) is 6.65. The van der Waals surface area contributed by atoms with Gasteiger partial charge in [-0.05, 0) is 24.3 Å². The van der Waals surface area contributed by atoms with Gasteiger partial charge in [-0.3, -0.25) is 20.4 Å². The smallest absolute Gasteiger partial charge is 0.349 e. The fraction of sp³-hybridized carbons (Fsp3) is 0.0526. The number of para-hydroxylation sites is 3. The normalized spacial score (nSPS) is 10.9. The molecule has 0 saturated heterocycles. The number of carbonyl (C=O) groups excluding carboxylic acids is 2. The molecule has 9 heteroatoms. The number of fused-ring (bicyclic) bond motifs is 2. The van der Waals surface area contributed by atoms with E-state index in [9.17, 15) is 14.4 Å². The first-order valence-corrected chi connectivity index (χ1v) is 9.19. The summed E-state index contributed by atoms with van der Waals surface area (Å²) in [5.74, 6) is -1.27. The molecule has 140 valence electrons. The van der Waals surface area contributed by atoms with Gasteiger partial charge in [0.25, 0.3) is 11.1 Å². The molecular weight excluding hydrogens is 382 g/mol. The lowest BCUT2D eigenvalue weighted by Crippen LogP contribution is -2.43. The molecule has 8 nitrogen and oxygen atoms in total. The summed E-state index contributed by atoms with van der Waals surface area (Å²) in [6.45, 7) is 0. The number of aromatic nitrogens is 1. The van der Waals surface area contributed by atoms with Crippen LogP contribution in [-0.2, 0) is 4.79 Å². The van der Waals surface area contributed by atoms with E-state index < -0.39 is 17.4 Å². The second kappa shape index (κ2) is 7.57. The van der Waals surface area contributed by atoms with Crippen LogP contribution >= 0.6 is 11.8 Å². The van der Waals surface area contributed by atoms with Crippen LogP contribution in [0.5, 0.6) is 0 Å². The SMILES string of the molecule is O=C(CSc1nc2ccccc2o1)NNC(=O)c1cc2ccccc2oc1=O. The molecule has 0 bridgehead atoms. The summed E-state index contributed by atoms with van der Waals surface area (Å²) < 4.78 is 10.6. The number of benzene rings is 2. The minimum Gasteiger partial charge on any atom is -0.431 e. The third kappa shape index (κ3) is 3.74. The van der Waals surface area contributed by atoms with Crippen LogP contribution in [0.1, 0.15) is 10.4 Å². The molecule has 0 radical (unpaired) electrons. The van der Waals surface area contributed by atoms with Gasteiger partial charge >= 0.3 is 5.63 Å². The predicted octanol–water partition coefficient (Wildman–Crippen LogP) is 2.49. The Bertz CT molecular complexity index is 1210. The van der Waals surface area contributed by atoms with Crippen LogP contribution in [0.15, 0.2) is 73.4 Å². The molecule has 0 spiro atoms. The maximum absolute atomic E-state index is 12.2. The van der Waals surface area contributed by atoms with E-state index in [-0.39, 0.29) is 11.3 Å². The molecule has 2 aromatic heterocycles. The third-order valence-electron chi connectivity index (χ3n) is 3.80. The monoisotopic (exact) mass is 395 g/mol. The van der Waals surface area contributed by atoms with Gasteiger partial charge in [-0.1, -0.05) is 42.1 Å². The maximum Gasteiger partial charge on any atom is 0.349 e. The number of hydrogen-bond donors (Lipinski definition) is 2. The third-order valence-corrected chi connectivity index (χ3v) is 4.63. The Morgan fingerprint density at radius 2 is 1.71 bits per heavy atom. The molecule has 0 fully saturated rings. The van der Waals surface area contributed by atoms with Crippen molar-refractivity contribution in [1.82, 2.24) is 15.8 Å². The average Bonchev–Trinajstić information content (AvgIpc) is 3.13. The van der Waals surface area contributed by atoms with Crippen molar-refractivity contribution in [2.24, 2.45) is 0 Å². The Kier molecular flexibility index (Phi) is 4.81. The van der Waals surface area contributed by atoms with Crippen LogP contribution in [0.3, 0.4) is 0 Å². The minimum atomic E-state index is -0.786. The van der Waals surface area contributed by atoms with E-state index in [0.717, 1.165) is 11.8 Å². The van der Waals surface area contributed by atoms with E-state index in [1.54, 1.807) is 36.4 Å². The zero-order chi connectivity index (χ0) is 19.5. The lowest BCUT2D eigenvalue weighted by Gasteiger charge is -2.06. The molecule has 0 aliphatic heterocycles. The number of amides is 2. The van der Waals surface area contributed by atoms with Crippen LogP contribution in [0.2, 0.25) is 0 Å². The highest BCUT2D eigenvalue weighted by molar-refractivity contribution is 7.99. The summed E-state index contributed by atoms with van der Waals surface area (Å²) >= 11 is 1.09. The zero-order valence-electron chi connectivity index (χ0n) is 14.3. The molecule has 0 saturated carbocycles. The highest BCUT2D eigenvalue weighted by atomic mass is 32.2. The van der Waals surface area contributed by atoms with Gasteiger partial charge in [0.05, 0.1) is 5.75 Å². The summed E-state index contributed by atoms with van der Waals surface area (Å²) in [7, 11) is 0. The standard InChI is InChI=1S/C19H13N3O5S/c23-16(10-28-19-20-13-6-2-4-8-15(13)27-19)21-22-17(24)12-9-11-5-1-3-7-14(11)26-18(12)25/h1-9H,10H2,(H,21,23)(H,22,24). The summed E-state index contributed by atoms with van der Waals surface area (Å²) in [4.78, 5) is 40.3. The number of oxazole rings is 1. The predicted molar refractivity (Wildman–Crippen MR) is 103 cm³/mol. The Balaban J connectivity index is 1.36. The number of thioether (sulfide) groups is 1. The van der Waals surface area contributed by atoms with Crippen LogP contribution in [0.25, 0.3) is 22.1 Å². The maximum atomic E-state index is 12.2. The zero-order valence-corrected chi connectivity index (χ0v) is 15.1.